The van der Waals surface area contributed by atoms with Crippen molar-refractivity contribution in [1.82, 2.24) is 15.2 Å². The van der Waals surface area contributed by atoms with Crippen LogP contribution in [0, 0.1) is 5.41 Å². The lowest BCUT2D eigenvalue weighted by Gasteiger charge is -2.35. The number of aliphatic hydroxyl groups is 1. The molecule has 2 aliphatic rings. The number of ketones is 1. The van der Waals surface area contributed by atoms with Gasteiger partial charge in [0, 0.05) is 49.8 Å². The third-order valence-electron chi connectivity index (χ3n) is 8.13. The summed E-state index contributed by atoms with van der Waals surface area (Å²) in [5, 5.41) is 21.6. The average molecular weight is 638 g/mol. The van der Waals surface area contributed by atoms with Crippen molar-refractivity contribution < 1.29 is 33.7 Å². The molecule has 0 aliphatic carbocycles. The molecule has 12 heteroatoms. The first kappa shape index (κ1) is 34.7. The van der Waals surface area contributed by atoms with Gasteiger partial charge in [0.25, 0.3) is 5.91 Å². The molecule has 1 aromatic carbocycles. The van der Waals surface area contributed by atoms with E-state index in [1.807, 2.05) is 19.1 Å². The van der Waals surface area contributed by atoms with Crippen LogP contribution in [0.1, 0.15) is 98.0 Å². The van der Waals surface area contributed by atoms with Gasteiger partial charge in [-0.25, -0.2) is 4.98 Å². The van der Waals surface area contributed by atoms with Crippen molar-refractivity contribution in [2.45, 2.75) is 78.4 Å². The zero-order chi connectivity index (χ0) is 33.6. The van der Waals surface area contributed by atoms with Crippen LogP contribution in [0.25, 0.3) is 0 Å². The number of nitrogens with zero attached hydrogens (tertiary/aromatic N) is 3. The molecule has 250 valence electrons. The SMILES string of the molecule is CCOC(=O)CCCOc1c(N2CCC(O)CC2)cc(C(=O)CN2Cc3cc(OCC)c(C(=O)NC)nc3C2=N)cc1C(C)(C)C. The number of carbonyl (C=O) groups excluding carboxylic acids is 3. The van der Waals surface area contributed by atoms with Gasteiger partial charge in [-0.3, -0.25) is 19.8 Å². The Morgan fingerprint density at radius 2 is 1.80 bits per heavy atom. The highest BCUT2D eigenvalue weighted by molar-refractivity contribution is 6.06. The molecule has 3 heterocycles. The van der Waals surface area contributed by atoms with Crippen LogP contribution in [-0.4, -0.2) is 91.1 Å². The summed E-state index contributed by atoms with van der Waals surface area (Å²) in [4.78, 5) is 46.6. The Hall–Kier alpha value is -4.19. The van der Waals surface area contributed by atoms with E-state index in [9.17, 15) is 19.5 Å². The molecule has 1 saturated heterocycles. The quantitative estimate of drug-likeness (QED) is 0.168. The number of benzene rings is 1. The second-order valence-corrected chi connectivity index (χ2v) is 12.6. The van der Waals surface area contributed by atoms with Crippen molar-refractivity contribution in [3.63, 3.8) is 0 Å². The van der Waals surface area contributed by atoms with Crippen LogP contribution in [0.2, 0.25) is 0 Å². The molecule has 2 aromatic rings. The lowest BCUT2D eigenvalue weighted by molar-refractivity contribution is -0.143. The van der Waals surface area contributed by atoms with E-state index in [4.69, 9.17) is 19.6 Å². The number of ether oxygens (including phenoxy) is 3. The van der Waals surface area contributed by atoms with E-state index in [0.29, 0.717) is 80.5 Å². The maximum Gasteiger partial charge on any atom is 0.305 e. The summed E-state index contributed by atoms with van der Waals surface area (Å²) in [7, 11) is 1.51. The molecule has 0 atom stereocenters. The summed E-state index contributed by atoms with van der Waals surface area (Å²) < 4.78 is 17.1. The molecule has 3 N–H and O–H groups in total. The molecule has 0 bridgehead atoms. The normalized spacial score (nSPS) is 15.1. The Morgan fingerprint density at radius 3 is 2.43 bits per heavy atom. The molecule has 12 nitrogen and oxygen atoms in total. The number of Topliss-reactive ketones (excluding diaryl/α,β-unsaturated/α-hetero) is 1. The van der Waals surface area contributed by atoms with E-state index in [-0.39, 0.29) is 54.3 Å². The lowest BCUT2D eigenvalue weighted by Crippen LogP contribution is -2.36. The first-order valence-corrected chi connectivity index (χ1v) is 16.0. The standard InChI is InChI=1S/C34H47N5O7/c1-7-44-27-18-22-19-39(32(35)29(22)37-30(27)33(43)36-6)20-26(41)21-16-24(34(3,4)5)31(46-15-9-10-28(42)45-8-2)25(17-21)38-13-11-23(40)12-14-38/h16-18,23,35,40H,7-15,19-20H2,1-6H3,(H,36,43). The molecule has 4 rings (SSSR count). The highest BCUT2D eigenvalue weighted by Crippen LogP contribution is 2.42. The zero-order valence-electron chi connectivity index (χ0n) is 27.8. The van der Waals surface area contributed by atoms with Crippen LogP contribution in [0.5, 0.6) is 11.5 Å². The molecule has 0 unspecified atom stereocenters. The minimum atomic E-state index is -0.413. The van der Waals surface area contributed by atoms with Crippen LogP contribution < -0.4 is 19.7 Å². The largest absolute Gasteiger partial charge is 0.491 e. The summed E-state index contributed by atoms with van der Waals surface area (Å²) in [5.41, 5.74) is 2.90. The number of amidine groups is 1. The van der Waals surface area contributed by atoms with Gasteiger partial charge in [0.1, 0.15) is 17.3 Å². The maximum absolute atomic E-state index is 14.0. The monoisotopic (exact) mass is 637 g/mol. The van der Waals surface area contributed by atoms with Crippen LogP contribution in [-0.2, 0) is 21.5 Å². The molecular formula is C34H47N5O7. The zero-order valence-corrected chi connectivity index (χ0v) is 27.8. The number of rotatable bonds is 13. The molecule has 1 aromatic heterocycles. The number of anilines is 1. The molecule has 0 saturated carbocycles. The number of esters is 1. The Labute approximate surface area is 270 Å². The predicted octanol–water partition coefficient (Wildman–Crippen LogP) is 3.84. The highest BCUT2D eigenvalue weighted by atomic mass is 16.5. The van der Waals surface area contributed by atoms with E-state index < -0.39 is 5.91 Å². The van der Waals surface area contributed by atoms with Crippen molar-refractivity contribution in [3.8, 4) is 11.5 Å². The fourth-order valence-electron chi connectivity index (χ4n) is 5.69. The number of piperidine rings is 1. The number of hydrogen-bond donors (Lipinski definition) is 3. The number of pyridine rings is 1. The predicted molar refractivity (Wildman–Crippen MR) is 174 cm³/mol. The summed E-state index contributed by atoms with van der Waals surface area (Å²) in [5.74, 6) is 0.220. The summed E-state index contributed by atoms with van der Waals surface area (Å²) >= 11 is 0. The van der Waals surface area contributed by atoms with E-state index >= 15 is 0 Å². The lowest BCUT2D eigenvalue weighted by atomic mass is 9.84. The highest BCUT2D eigenvalue weighted by Gasteiger charge is 2.33. The minimum Gasteiger partial charge on any atom is -0.491 e. The number of carbonyl (C=O) groups is 3. The third kappa shape index (κ3) is 7.96. The molecule has 0 radical (unpaired) electrons. The fourth-order valence-corrected chi connectivity index (χ4v) is 5.69. The van der Waals surface area contributed by atoms with Crippen molar-refractivity contribution in [2.75, 3.05) is 51.4 Å². The summed E-state index contributed by atoms with van der Waals surface area (Å²) in [6.45, 7) is 12.2. The Morgan fingerprint density at radius 1 is 1.09 bits per heavy atom. The smallest absolute Gasteiger partial charge is 0.305 e. The van der Waals surface area contributed by atoms with Crippen molar-refractivity contribution in [1.29, 1.82) is 5.41 Å². The number of hydrogen-bond acceptors (Lipinski definition) is 10. The molecule has 1 fully saturated rings. The van der Waals surface area contributed by atoms with Gasteiger partial charge >= 0.3 is 5.97 Å². The van der Waals surface area contributed by atoms with Gasteiger partial charge in [-0.05, 0) is 56.7 Å². The van der Waals surface area contributed by atoms with Gasteiger partial charge in [-0.15, -0.1) is 0 Å². The number of aliphatic hydroxyl groups excluding tert-OH is 1. The van der Waals surface area contributed by atoms with Gasteiger partial charge in [-0.2, -0.15) is 0 Å². The summed E-state index contributed by atoms with van der Waals surface area (Å²) in [6, 6.07) is 5.44. The third-order valence-corrected chi connectivity index (χ3v) is 8.13. The van der Waals surface area contributed by atoms with Crippen LogP contribution >= 0.6 is 0 Å². The molecule has 0 spiro atoms. The van der Waals surface area contributed by atoms with Gasteiger partial charge in [0.15, 0.2) is 17.2 Å². The van der Waals surface area contributed by atoms with Crippen molar-refractivity contribution in [3.05, 3.63) is 46.3 Å². The van der Waals surface area contributed by atoms with Crippen LogP contribution in [0.15, 0.2) is 18.2 Å². The van der Waals surface area contributed by atoms with Crippen molar-refractivity contribution in [2.24, 2.45) is 0 Å². The Balaban J connectivity index is 1.64. The van der Waals surface area contributed by atoms with E-state index in [1.165, 1.54) is 7.05 Å². The molecular weight excluding hydrogens is 590 g/mol. The first-order chi connectivity index (χ1) is 21.9. The van der Waals surface area contributed by atoms with Crippen LogP contribution in [0.3, 0.4) is 0 Å². The van der Waals surface area contributed by atoms with Gasteiger partial charge in [-0.1, -0.05) is 20.8 Å². The van der Waals surface area contributed by atoms with Gasteiger partial charge < -0.3 is 34.4 Å². The van der Waals surface area contributed by atoms with Gasteiger partial charge in [0.05, 0.1) is 38.2 Å². The van der Waals surface area contributed by atoms with Gasteiger partial charge in [0.2, 0.25) is 0 Å². The van der Waals surface area contributed by atoms with Crippen LogP contribution in [0.4, 0.5) is 5.69 Å². The number of amides is 1. The topological polar surface area (TPSA) is 154 Å². The van der Waals surface area contributed by atoms with Crippen molar-refractivity contribution >= 4 is 29.2 Å². The van der Waals surface area contributed by atoms with E-state index in [2.05, 4.69) is 36.0 Å². The number of fused-ring (bicyclic) bond motifs is 1. The minimum absolute atomic E-state index is 0.0596. The second-order valence-electron chi connectivity index (χ2n) is 12.6. The molecule has 2 aliphatic heterocycles. The average Bonchev–Trinajstić information content (AvgIpc) is 3.31. The molecule has 46 heavy (non-hydrogen) atoms. The maximum atomic E-state index is 14.0. The molecule has 1 amide bonds. The fraction of sp³-hybridized carbons (Fsp3) is 0.559. The Kier molecular flexibility index (Phi) is 11.3. The first-order valence-electron chi connectivity index (χ1n) is 16.0. The summed E-state index contributed by atoms with van der Waals surface area (Å²) in [6.07, 6.45) is 1.56. The number of nitrogens with one attached hydrogen (secondary N) is 2. The number of aromatic nitrogens is 1. The van der Waals surface area contributed by atoms with E-state index in [1.54, 1.807) is 17.9 Å². The van der Waals surface area contributed by atoms with E-state index in [0.717, 1.165) is 11.3 Å². The Bertz CT molecular complexity index is 1460. The second kappa shape index (κ2) is 14.9.